The van der Waals surface area contributed by atoms with Gasteiger partial charge < -0.3 is 5.11 Å². The monoisotopic (exact) mass is 194 g/mol. The van der Waals surface area contributed by atoms with Crippen molar-refractivity contribution in [1.29, 1.82) is 0 Å². The second-order valence-corrected chi connectivity index (χ2v) is 4.51. The van der Waals surface area contributed by atoms with Gasteiger partial charge in [0.05, 0.1) is 0 Å². The topological polar surface area (TPSA) is 20.2 Å². The summed E-state index contributed by atoms with van der Waals surface area (Å²) in [5.41, 5.74) is 3.00. The Kier molecular flexibility index (Phi) is 4.95. The van der Waals surface area contributed by atoms with Crippen LogP contribution in [0.15, 0.2) is 23.3 Å². The van der Waals surface area contributed by atoms with Crippen molar-refractivity contribution in [3.63, 3.8) is 0 Å². The number of aliphatic hydroxyl groups is 1. The molecular formula is C13H22O. The minimum Gasteiger partial charge on any atom is -0.396 e. The van der Waals surface area contributed by atoms with E-state index >= 15 is 0 Å². The van der Waals surface area contributed by atoms with E-state index in [1.165, 1.54) is 31.3 Å². The Morgan fingerprint density at radius 1 is 1.57 bits per heavy atom. The van der Waals surface area contributed by atoms with Crippen LogP contribution < -0.4 is 0 Å². The highest BCUT2D eigenvalue weighted by atomic mass is 16.3. The highest BCUT2D eigenvalue weighted by Crippen LogP contribution is 2.25. The van der Waals surface area contributed by atoms with Gasteiger partial charge in [0.25, 0.3) is 0 Å². The first kappa shape index (κ1) is 11.5. The molecule has 1 aliphatic carbocycles. The van der Waals surface area contributed by atoms with Crippen molar-refractivity contribution in [2.24, 2.45) is 5.92 Å². The zero-order valence-electron chi connectivity index (χ0n) is 9.42. The number of hydrogen-bond donors (Lipinski definition) is 1. The molecule has 0 saturated heterocycles. The lowest BCUT2D eigenvalue weighted by atomic mass is 9.88. The molecule has 14 heavy (non-hydrogen) atoms. The van der Waals surface area contributed by atoms with Crippen molar-refractivity contribution in [3.8, 4) is 0 Å². The van der Waals surface area contributed by atoms with Crippen LogP contribution in [0.5, 0.6) is 0 Å². The van der Waals surface area contributed by atoms with E-state index in [-0.39, 0.29) is 0 Å². The minimum atomic E-state index is 0.359. The van der Waals surface area contributed by atoms with Crippen molar-refractivity contribution >= 4 is 0 Å². The standard InChI is InChI=1S/C13H22O/c1-11(2)4-3-5-12-6-8-13(10-14)9-7-12/h4,6,13-14H,3,5,7-10H2,1-2H3. The molecule has 0 heterocycles. The lowest BCUT2D eigenvalue weighted by Crippen LogP contribution is -2.09. The van der Waals surface area contributed by atoms with Crippen LogP contribution in [0.1, 0.15) is 46.0 Å². The molecule has 80 valence electrons. The van der Waals surface area contributed by atoms with Crippen molar-refractivity contribution in [1.82, 2.24) is 0 Å². The molecule has 1 aliphatic rings. The fourth-order valence-corrected chi connectivity index (χ4v) is 1.88. The SMILES string of the molecule is CC(C)=CCCC1=CCC(CO)CC1. The van der Waals surface area contributed by atoms with Crippen molar-refractivity contribution in [2.75, 3.05) is 6.61 Å². The van der Waals surface area contributed by atoms with Crippen LogP contribution in [0.25, 0.3) is 0 Å². The Bertz CT molecular complexity index is 221. The van der Waals surface area contributed by atoms with Crippen LogP contribution in [-0.4, -0.2) is 11.7 Å². The molecule has 0 bridgehead atoms. The molecule has 1 atom stereocenters. The third-order valence-corrected chi connectivity index (χ3v) is 2.89. The Hall–Kier alpha value is -0.560. The van der Waals surface area contributed by atoms with Gasteiger partial charge in [-0.1, -0.05) is 23.3 Å². The van der Waals surface area contributed by atoms with E-state index in [4.69, 9.17) is 5.11 Å². The number of rotatable bonds is 4. The van der Waals surface area contributed by atoms with Gasteiger partial charge in [0, 0.05) is 6.61 Å². The summed E-state index contributed by atoms with van der Waals surface area (Å²) in [6, 6.07) is 0. The fourth-order valence-electron chi connectivity index (χ4n) is 1.88. The van der Waals surface area contributed by atoms with Gasteiger partial charge in [-0.15, -0.1) is 0 Å². The van der Waals surface area contributed by atoms with Gasteiger partial charge in [0.2, 0.25) is 0 Å². The van der Waals surface area contributed by atoms with Gasteiger partial charge in [-0.25, -0.2) is 0 Å². The van der Waals surface area contributed by atoms with Gasteiger partial charge in [0.15, 0.2) is 0 Å². The smallest absolute Gasteiger partial charge is 0.0462 e. The van der Waals surface area contributed by atoms with E-state index in [1.807, 2.05) is 0 Å². The molecule has 0 amide bonds. The molecule has 1 heteroatoms. The molecule has 0 fully saturated rings. The van der Waals surface area contributed by atoms with Crippen LogP contribution in [0, 0.1) is 5.92 Å². The average molecular weight is 194 g/mol. The fraction of sp³-hybridized carbons (Fsp3) is 0.692. The molecule has 1 N–H and O–H groups in total. The van der Waals surface area contributed by atoms with E-state index in [9.17, 15) is 0 Å². The first-order valence-corrected chi connectivity index (χ1v) is 5.64. The maximum absolute atomic E-state index is 8.99. The number of aliphatic hydroxyl groups excluding tert-OH is 1. The van der Waals surface area contributed by atoms with Gasteiger partial charge in [0.1, 0.15) is 0 Å². The molecule has 0 aromatic rings. The highest BCUT2D eigenvalue weighted by Gasteiger charge is 2.12. The Morgan fingerprint density at radius 3 is 2.86 bits per heavy atom. The summed E-state index contributed by atoms with van der Waals surface area (Å²) in [6.07, 6.45) is 10.5. The molecule has 1 nitrogen and oxygen atoms in total. The number of hydrogen-bond acceptors (Lipinski definition) is 1. The largest absolute Gasteiger partial charge is 0.396 e. The van der Waals surface area contributed by atoms with Crippen LogP contribution in [0.4, 0.5) is 0 Å². The number of allylic oxidation sites excluding steroid dienone is 4. The molecule has 1 rings (SSSR count). The third-order valence-electron chi connectivity index (χ3n) is 2.89. The van der Waals surface area contributed by atoms with Crippen LogP contribution in [0.2, 0.25) is 0 Å². The Labute approximate surface area is 87.5 Å². The molecule has 1 unspecified atom stereocenters. The molecule has 0 saturated carbocycles. The zero-order chi connectivity index (χ0) is 10.4. The van der Waals surface area contributed by atoms with Crippen LogP contribution >= 0.6 is 0 Å². The van der Waals surface area contributed by atoms with Crippen molar-refractivity contribution in [3.05, 3.63) is 23.3 Å². The average Bonchev–Trinajstić information content (AvgIpc) is 2.18. The van der Waals surface area contributed by atoms with Gasteiger partial charge >= 0.3 is 0 Å². The first-order valence-electron chi connectivity index (χ1n) is 5.64. The van der Waals surface area contributed by atoms with E-state index in [2.05, 4.69) is 26.0 Å². The Morgan fingerprint density at radius 2 is 2.36 bits per heavy atom. The van der Waals surface area contributed by atoms with Gasteiger partial charge in [-0.2, -0.15) is 0 Å². The van der Waals surface area contributed by atoms with Crippen molar-refractivity contribution < 1.29 is 5.11 Å². The molecular weight excluding hydrogens is 172 g/mol. The quantitative estimate of drug-likeness (QED) is 0.680. The predicted molar refractivity (Wildman–Crippen MR) is 61.2 cm³/mol. The summed E-state index contributed by atoms with van der Waals surface area (Å²) in [4.78, 5) is 0. The maximum atomic E-state index is 8.99. The van der Waals surface area contributed by atoms with Gasteiger partial charge in [-0.3, -0.25) is 0 Å². The zero-order valence-corrected chi connectivity index (χ0v) is 9.42. The minimum absolute atomic E-state index is 0.359. The second-order valence-electron chi connectivity index (χ2n) is 4.51. The van der Waals surface area contributed by atoms with Gasteiger partial charge in [-0.05, 0) is 51.9 Å². The summed E-state index contributed by atoms with van der Waals surface area (Å²) in [6.45, 7) is 4.66. The molecule has 0 aromatic heterocycles. The normalized spacial score (nSPS) is 21.6. The van der Waals surface area contributed by atoms with E-state index in [0.29, 0.717) is 12.5 Å². The van der Waals surface area contributed by atoms with Crippen LogP contribution in [-0.2, 0) is 0 Å². The summed E-state index contributed by atoms with van der Waals surface area (Å²) in [7, 11) is 0. The molecule has 0 aromatic carbocycles. The van der Waals surface area contributed by atoms with Crippen molar-refractivity contribution in [2.45, 2.75) is 46.0 Å². The molecule has 0 spiro atoms. The molecule has 0 aliphatic heterocycles. The maximum Gasteiger partial charge on any atom is 0.0462 e. The lowest BCUT2D eigenvalue weighted by molar-refractivity contribution is 0.215. The first-order chi connectivity index (χ1) is 6.72. The van der Waals surface area contributed by atoms with E-state index in [1.54, 1.807) is 5.57 Å². The van der Waals surface area contributed by atoms with E-state index in [0.717, 1.165) is 6.42 Å². The molecule has 0 radical (unpaired) electrons. The Balaban J connectivity index is 2.26. The van der Waals surface area contributed by atoms with Crippen LogP contribution in [0.3, 0.4) is 0 Å². The summed E-state index contributed by atoms with van der Waals surface area (Å²) >= 11 is 0. The van der Waals surface area contributed by atoms with E-state index < -0.39 is 0 Å². The summed E-state index contributed by atoms with van der Waals surface area (Å²) in [5, 5.41) is 8.99. The summed E-state index contributed by atoms with van der Waals surface area (Å²) in [5.74, 6) is 0.530. The highest BCUT2D eigenvalue weighted by molar-refractivity contribution is 5.08. The summed E-state index contributed by atoms with van der Waals surface area (Å²) < 4.78 is 0. The lowest BCUT2D eigenvalue weighted by Gasteiger charge is -2.19. The third kappa shape index (κ3) is 4.10. The second kappa shape index (κ2) is 6.02. The predicted octanol–water partition coefficient (Wildman–Crippen LogP) is 3.45.